The van der Waals surface area contributed by atoms with Crippen molar-refractivity contribution in [2.45, 2.75) is 26.2 Å². The fraction of sp³-hybridized carbons (Fsp3) is 0.269. The van der Waals surface area contributed by atoms with Crippen molar-refractivity contribution in [2.75, 3.05) is 18.4 Å². The number of hydrogen-bond donors (Lipinski definition) is 2. The molecular weight excluding hydrogens is 468 g/mol. The highest BCUT2D eigenvalue weighted by Gasteiger charge is 2.34. The molecule has 0 saturated carbocycles. The Bertz CT molecular complexity index is 1350. The number of hydrogen-bond acceptors (Lipinski definition) is 4. The van der Waals surface area contributed by atoms with Crippen LogP contribution in [-0.2, 0) is 22.4 Å². The number of aromatic amines is 1. The monoisotopic (exact) mass is 492 g/mol. The highest BCUT2D eigenvalue weighted by molar-refractivity contribution is 7.16. The molecule has 1 saturated heterocycles. The average molecular weight is 493 g/mol. The summed E-state index contributed by atoms with van der Waals surface area (Å²) in [5.41, 5.74) is 4.08. The molecule has 0 bridgehead atoms. The van der Waals surface area contributed by atoms with Gasteiger partial charge in [0.25, 0.3) is 0 Å². The van der Waals surface area contributed by atoms with E-state index < -0.39 is 0 Å². The minimum atomic E-state index is -0.376. The minimum Gasteiger partial charge on any atom is -0.361 e. The number of carbonyl (C=O) groups excluding carboxylic acids is 2. The molecule has 6 nitrogen and oxygen atoms in total. The average Bonchev–Trinajstić information content (AvgIpc) is 3.54. The van der Waals surface area contributed by atoms with Crippen LogP contribution in [-0.4, -0.2) is 39.8 Å². The lowest BCUT2D eigenvalue weighted by Gasteiger charge is -2.16. The summed E-state index contributed by atoms with van der Waals surface area (Å²) in [6.45, 7) is 3.07. The van der Waals surface area contributed by atoms with Crippen molar-refractivity contribution >= 4 is 50.8 Å². The number of fused-ring (bicyclic) bond motifs is 1. The quantitative estimate of drug-likeness (QED) is 0.355. The van der Waals surface area contributed by atoms with E-state index in [-0.39, 0.29) is 24.2 Å². The molecular formula is C26H25ClN4O2S. The summed E-state index contributed by atoms with van der Waals surface area (Å²) in [5, 5.41) is 5.30. The number of anilines is 1. The van der Waals surface area contributed by atoms with E-state index in [4.69, 9.17) is 11.6 Å². The van der Waals surface area contributed by atoms with Crippen LogP contribution in [0.25, 0.3) is 22.2 Å². The molecule has 2 aromatic heterocycles. The molecule has 2 aromatic carbocycles. The van der Waals surface area contributed by atoms with Gasteiger partial charge in [-0.3, -0.25) is 9.59 Å². The summed E-state index contributed by atoms with van der Waals surface area (Å²) < 4.78 is 0. The molecule has 3 heterocycles. The van der Waals surface area contributed by atoms with Crippen LogP contribution in [0, 0.1) is 5.92 Å². The van der Waals surface area contributed by atoms with Gasteiger partial charge in [0.2, 0.25) is 11.8 Å². The second-order valence-electron chi connectivity index (χ2n) is 8.49. The second kappa shape index (κ2) is 9.60. The molecule has 0 radical (unpaired) electrons. The molecule has 1 atom stereocenters. The van der Waals surface area contributed by atoms with Gasteiger partial charge in [0, 0.05) is 52.1 Å². The van der Waals surface area contributed by atoms with E-state index in [2.05, 4.69) is 22.2 Å². The molecule has 2 amide bonds. The van der Waals surface area contributed by atoms with Gasteiger partial charge < -0.3 is 15.2 Å². The maximum absolute atomic E-state index is 13.0. The molecule has 1 aliphatic rings. The zero-order valence-corrected chi connectivity index (χ0v) is 20.4. The van der Waals surface area contributed by atoms with Crippen molar-refractivity contribution in [3.05, 3.63) is 70.2 Å². The van der Waals surface area contributed by atoms with E-state index in [0.717, 1.165) is 39.0 Å². The Morgan fingerprint density at radius 2 is 2.09 bits per heavy atom. The van der Waals surface area contributed by atoms with Crippen LogP contribution >= 0.6 is 22.9 Å². The maximum Gasteiger partial charge on any atom is 0.231 e. The predicted molar refractivity (Wildman–Crippen MR) is 137 cm³/mol. The van der Waals surface area contributed by atoms with Crippen LogP contribution < -0.4 is 5.32 Å². The normalized spacial score (nSPS) is 15.9. The number of rotatable bonds is 7. The third kappa shape index (κ3) is 4.58. The lowest BCUT2D eigenvalue weighted by molar-refractivity contribution is -0.128. The minimum absolute atomic E-state index is 0.0105. The summed E-state index contributed by atoms with van der Waals surface area (Å²) in [6, 6.07) is 15.7. The molecule has 0 unspecified atom stereocenters. The molecule has 1 aliphatic heterocycles. The Labute approximate surface area is 207 Å². The van der Waals surface area contributed by atoms with Gasteiger partial charge in [0.05, 0.1) is 11.6 Å². The number of benzene rings is 2. The van der Waals surface area contributed by atoms with Crippen molar-refractivity contribution in [1.82, 2.24) is 14.9 Å². The first-order chi connectivity index (χ1) is 16.5. The number of nitrogens with zero attached hydrogens (tertiary/aromatic N) is 2. The molecule has 174 valence electrons. The van der Waals surface area contributed by atoms with Crippen LogP contribution in [0.4, 0.5) is 5.13 Å². The molecule has 1 fully saturated rings. The molecule has 34 heavy (non-hydrogen) atoms. The van der Waals surface area contributed by atoms with Gasteiger partial charge >= 0.3 is 0 Å². The smallest absolute Gasteiger partial charge is 0.231 e. The summed E-state index contributed by atoms with van der Waals surface area (Å²) in [4.78, 5) is 36.4. The Morgan fingerprint density at radius 1 is 1.26 bits per heavy atom. The van der Waals surface area contributed by atoms with Gasteiger partial charge in [-0.05, 0) is 36.6 Å². The fourth-order valence-corrected chi connectivity index (χ4v) is 5.55. The summed E-state index contributed by atoms with van der Waals surface area (Å²) in [6.07, 6.45) is 3.73. The van der Waals surface area contributed by atoms with Gasteiger partial charge in [-0.2, -0.15) is 0 Å². The van der Waals surface area contributed by atoms with Crippen LogP contribution in [0.5, 0.6) is 0 Å². The van der Waals surface area contributed by atoms with Gasteiger partial charge in [-0.15, -0.1) is 11.3 Å². The topological polar surface area (TPSA) is 78.1 Å². The Hall–Kier alpha value is -3.16. The lowest BCUT2D eigenvalue weighted by Crippen LogP contribution is -2.30. The van der Waals surface area contributed by atoms with Crippen molar-refractivity contribution in [3.8, 4) is 11.3 Å². The predicted octanol–water partition coefficient (Wildman–Crippen LogP) is 5.54. The van der Waals surface area contributed by atoms with Crippen molar-refractivity contribution in [1.29, 1.82) is 0 Å². The zero-order valence-electron chi connectivity index (χ0n) is 18.8. The number of aromatic nitrogens is 2. The molecule has 2 N–H and O–H groups in total. The van der Waals surface area contributed by atoms with E-state index in [0.29, 0.717) is 29.7 Å². The number of H-pyrrole nitrogens is 1. The largest absolute Gasteiger partial charge is 0.361 e. The van der Waals surface area contributed by atoms with Crippen molar-refractivity contribution < 1.29 is 9.59 Å². The maximum atomic E-state index is 13.0. The Kier molecular flexibility index (Phi) is 6.39. The van der Waals surface area contributed by atoms with E-state index in [9.17, 15) is 9.59 Å². The van der Waals surface area contributed by atoms with Crippen LogP contribution in [0.15, 0.2) is 54.7 Å². The van der Waals surface area contributed by atoms with Crippen LogP contribution in [0.2, 0.25) is 5.02 Å². The standard InChI is InChI=1S/C26H25ClN4O2S/c1-2-22-24(16-6-4-3-5-7-16)29-26(34-22)30-25(33)18-12-23(32)31(15-18)11-10-17-14-28-21-9-8-19(27)13-20(17)21/h3-9,13-14,18,28H,2,10-12,15H2,1H3,(H,29,30,33)/t18-/m0/s1. The summed E-state index contributed by atoms with van der Waals surface area (Å²) in [5.74, 6) is -0.513. The van der Waals surface area contributed by atoms with Gasteiger partial charge in [0.15, 0.2) is 5.13 Å². The number of nitrogens with one attached hydrogen (secondary N) is 2. The number of aryl methyl sites for hydroxylation is 1. The fourth-order valence-electron chi connectivity index (χ4n) is 4.45. The van der Waals surface area contributed by atoms with Crippen molar-refractivity contribution in [2.24, 2.45) is 5.92 Å². The third-order valence-electron chi connectivity index (χ3n) is 6.26. The molecule has 0 aliphatic carbocycles. The summed E-state index contributed by atoms with van der Waals surface area (Å²) >= 11 is 7.64. The zero-order chi connectivity index (χ0) is 23.7. The van der Waals surface area contributed by atoms with E-state index in [1.165, 1.54) is 11.3 Å². The first-order valence-corrected chi connectivity index (χ1v) is 12.6. The van der Waals surface area contributed by atoms with E-state index in [1.807, 2.05) is 54.7 Å². The van der Waals surface area contributed by atoms with Crippen LogP contribution in [0.3, 0.4) is 0 Å². The van der Waals surface area contributed by atoms with Gasteiger partial charge in [0.1, 0.15) is 0 Å². The molecule has 8 heteroatoms. The Morgan fingerprint density at radius 3 is 2.88 bits per heavy atom. The van der Waals surface area contributed by atoms with Gasteiger partial charge in [-0.25, -0.2) is 4.98 Å². The highest BCUT2D eigenvalue weighted by atomic mass is 35.5. The lowest BCUT2D eigenvalue weighted by atomic mass is 10.1. The van der Waals surface area contributed by atoms with E-state index >= 15 is 0 Å². The Balaban J connectivity index is 1.22. The van der Waals surface area contributed by atoms with Crippen LogP contribution in [0.1, 0.15) is 23.8 Å². The summed E-state index contributed by atoms with van der Waals surface area (Å²) in [7, 11) is 0. The SMILES string of the molecule is CCc1sc(NC(=O)[C@H]2CC(=O)N(CCc3c[nH]c4ccc(Cl)cc34)C2)nc1-c1ccccc1. The number of halogens is 1. The number of thiazole rings is 1. The number of likely N-dealkylation sites (tertiary alicyclic amines) is 1. The third-order valence-corrected chi connectivity index (χ3v) is 7.61. The number of amides is 2. The van der Waals surface area contributed by atoms with E-state index in [1.54, 1.807) is 4.90 Å². The first-order valence-electron chi connectivity index (χ1n) is 11.4. The molecule has 5 rings (SSSR count). The van der Waals surface area contributed by atoms with Crippen molar-refractivity contribution in [3.63, 3.8) is 0 Å². The number of carbonyl (C=O) groups is 2. The highest BCUT2D eigenvalue weighted by Crippen LogP contribution is 2.32. The van der Waals surface area contributed by atoms with Gasteiger partial charge in [-0.1, -0.05) is 48.9 Å². The second-order valence-corrected chi connectivity index (χ2v) is 10.0. The molecule has 0 spiro atoms. The molecule has 4 aromatic rings. The first kappa shape index (κ1) is 22.6.